The first kappa shape index (κ1) is 23.6. The number of ether oxygens (including phenoxy) is 3. The Morgan fingerprint density at radius 2 is 1.88 bits per heavy atom. The van der Waals surface area contributed by atoms with Gasteiger partial charge in [0.1, 0.15) is 6.54 Å². The van der Waals surface area contributed by atoms with Crippen molar-refractivity contribution < 1.29 is 28.6 Å². The quantitative estimate of drug-likeness (QED) is 0.604. The van der Waals surface area contributed by atoms with Gasteiger partial charge in [0.25, 0.3) is 0 Å². The first-order valence-corrected chi connectivity index (χ1v) is 11.3. The summed E-state index contributed by atoms with van der Waals surface area (Å²) in [5.41, 5.74) is 2.40. The van der Waals surface area contributed by atoms with E-state index in [0.717, 1.165) is 11.1 Å². The number of halogens is 1. The molecule has 2 amide bonds. The summed E-state index contributed by atoms with van der Waals surface area (Å²) in [6, 6.07) is 12.4. The van der Waals surface area contributed by atoms with Gasteiger partial charge in [-0.3, -0.25) is 9.59 Å². The van der Waals surface area contributed by atoms with E-state index in [1.54, 1.807) is 50.2 Å². The van der Waals surface area contributed by atoms with Crippen LogP contribution in [-0.4, -0.2) is 42.6 Å². The Labute approximate surface area is 202 Å². The molecule has 0 aromatic heterocycles. The largest absolute Gasteiger partial charge is 0.463 e. The van der Waals surface area contributed by atoms with E-state index in [9.17, 15) is 14.4 Å². The zero-order chi connectivity index (χ0) is 24.2. The highest BCUT2D eigenvalue weighted by molar-refractivity contribution is 6.30. The van der Waals surface area contributed by atoms with Gasteiger partial charge in [0, 0.05) is 29.6 Å². The third-order valence-corrected chi connectivity index (χ3v) is 6.07. The Hall–Kier alpha value is -3.52. The fourth-order valence-electron chi connectivity index (χ4n) is 4.11. The van der Waals surface area contributed by atoms with Crippen LogP contribution >= 0.6 is 11.6 Å². The Kier molecular flexibility index (Phi) is 7.07. The van der Waals surface area contributed by atoms with Crippen LogP contribution in [0.4, 0.5) is 0 Å². The second-order valence-electron chi connectivity index (χ2n) is 7.97. The van der Waals surface area contributed by atoms with Crippen LogP contribution < -0.4 is 14.8 Å². The number of hydrogen-bond acceptors (Lipinski definition) is 6. The fraction of sp³-hybridized carbons (Fsp3) is 0.320. The molecule has 0 spiro atoms. The molecule has 8 nitrogen and oxygen atoms in total. The lowest BCUT2D eigenvalue weighted by atomic mass is 9.83. The zero-order valence-electron chi connectivity index (χ0n) is 18.9. The van der Waals surface area contributed by atoms with Gasteiger partial charge in [0.15, 0.2) is 11.5 Å². The lowest BCUT2D eigenvalue weighted by molar-refractivity contribution is -0.141. The number of nitrogens with zero attached hydrogens (tertiary/aromatic N) is 1. The highest BCUT2D eigenvalue weighted by Gasteiger charge is 2.37. The van der Waals surface area contributed by atoms with Crippen LogP contribution in [0, 0.1) is 0 Å². The molecule has 0 radical (unpaired) electrons. The van der Waals surface area contributed by atoms with Crippen molar-refractivity contribution in [1.29, 1.82) is 0 Å². The normalized spacial score (nSPS) is 17.1. The Morgan fingerprint density at radius 1 is 1.15 bits per heavy atom. The number of carbonyl (C=O) groups is 3. The zero-order valence-corrected chi connectivity index (χ0v) is 19.7. The number of carbonyl (C=O) groups excluding carboxylic acids is 3. The number of nitrogens with one attached hydrogen (secondary N) is 1. The summed E-state index contributed by atoms with van der Waals surface area (Å²) in [5.74, 6) is -0.280. The van der Waals surface area contributed by atoms with Crippen molar-refractivity contribution in [2.24, 2.45) is 0 Å². The standard InChI is InChI=1S/C25H25ClN2O6/c1-3-32-25(31)24-15(2)28(23(30)11-19(24)17-5-7-18(26)8-6-17)13-22(29)27-12-16-4-9-20-21(10-16)34-14-33-20/h4-10,19H,3,11-14H2,1-2H3,(H,27,29). The molecule has 2 aliphatic heterocycles. The molecular weight excluding hydrogens is 460 g/mol. The summed E-state index contributed by atoms with van der Waals surface area (Å²) in [4.78, 5) is 39.9. The van der Waals surface area contributed by atoms with E-state index >= 15 is 0 Å². The van der Waals surface area contributed by atoms with E-state index in [1.807, 2.05) is 6.07 Å². The minimum Gasteiger partial charge on any atom is -0.463 e. The van der Waals surface area contributed by atoms with Crippen LogP contribution in [0.25, 0.3) is 0 Å². The van der Waals surface area contributed by atoms with Crippen LogP contribution in [0.2, 0.25) is 5.02 Å². The first-order valence-electron chi connectivity index (χ1n) is 11.0. The minimum atomic E-state index is -0.502. The van der Waals surface area contributed by atoms with E-state index in [2.05, 4.69) is 5.32 Å². The van der Waals surface area contributed by atoms with Crippen molar-refractivity contribution in [1.82, 2.24) is 10.2 Å². The van der Waals surface area contributed by atoms with Gasteiger partial charge in [0.2, 0.25) is 18.6 Å². The average Bonchev–Trinajstić information content (AvgIpc) is 3.28. The summed E-state index contributed by atoms with van der Waals surface area (Å²) >= 11 is 6.00. The van der Waals surface area contributed by atoms with Gasteiger partial charge in [-0.05, 0) is 49.2 Å². The predicted octanol–water partition coefficient (Wildman–Crippen LogP) is 3.54. The van der Waals surface area contributed by atoms with Crippen LogP contribution in [0.15, 0.2) is 53.7 Å². The second kappa shape index (κ2) is 10.2. The van der Waals surface area contributed by atoms with Gasteiger partial charge < -0.3 is 24.4 Å². The van der Waals surface area contributed by atoms with Gasteiger partial charge in [-0.2, -0.15) is 0 Å². The second-order valence-corrected chi connectivity index (χ2v) is 8.41. The monoisotopic (exact) mass is 484 g/mol. The van der Waals surface area contributed by atoms with Crippen LogP contribution in [0.1, 0.15) is 37.3 Å². The number of esters is 1. The molecule has 9 heteroatoms. The topological polar surface area (TPSA) is 94.2 Å². The Morgan fingerprint density at radius 3 is 2.62 bits per heavy atom. The number of hydrogen-bond donors (Lipinski definition) is 1. The molecule has 0 saturated carbocycles. The maximum absolute atomic E-state index is 13.0. The summed E-state index contributed by atoms with van der Waals surface area (Å²) in [6.07, 6.45) is 0.0442. The molecule has 178 valence electrons. The molecule has 1 unspecified atom stereocenters. The van der Waals surface area contributed by atoms with Gasteiger partial charge in [-0.1, -0.05) is 29.8 Å². The van der Waals surface area contributed by atoms with Crippen LogP contribution in [0.3, 0.4) is 0 Å². The SMILES string of the molecule is CCOC(=O)C1=C(C)N(CC(=O)NCc2ccc3c(c2)OCO3)C(=O)CC1c1ccc(Cl)cc1. The number of rotatable bonds is 7. The summed E-state index contributed by atoms with van der Waals surface area (Å²) < 4.78 is 15.9. The molecule has 0 bridgehead atoms. The molecule has 2 aromatic carbocycles. The van der Waals surface area contributed by atoms with Gasteiger partial charge in [-0.25, -0.2) is 4.79 Å². The lowest BCUT2D eigenvalue weighted by Crippen LogP contribution is -2.44. The van der Waals surface area contributed by atoms with E-state index in [-0.39, 0.29) is 44.7 Å². The smallest absolute Gasteiger partial charge is 0.336 e. The molecular formula is C25H25ClN2O6. The molecule has 2 aromatic rings. The van der Waals surface area contributed by atoms with Crippen molar-refractivity contribution in [2.45, 2.75) is 32.7 Å². The number of fused-ring (bicyclic) bond motifs is 1. The van der Waals surface area contributed by atoms with Crippen molar-refractivity contribution in [3.05, 3.63) is 69.9 Å². The van der Waals surface area contributed by atoms with Crippen LogP contribution in [-0.2, 0) is 25.7 Å². The summed E-state index contributed by atoms with van der Waals surface area (Å²) in [5, 5.41) is 3.37. The van der Waals surface area contributed by atoms with E-state index < -0.39 is 11.9 Å². The first-order chi connectivity index (χ1) is 16.4. The number of benzene rings is 2. The van der Waals surface area contributed by atoms with Crippen molar-refractivity contribution >= 4 is 29.4 Å². The highest BCUT2D eigenvalue weighted by atomic mass is 35.5. The molecule has 0 saturated heterocycles. The molecule has 0 fully saturated rings. The summed E-state index contributed by atoms with van der Waals surface area (Å²) in [6.45, 7) is 3.82. The fourth-order valence-corrected chi connectivity index (χ4v) is 4.23. The maximum Gasteiger partial charge on any atom is 0.336 e. The molecule has 34 heavy (non-hydrogen) atoms. The molecule has 1 N–H and O–H groups in total. The summed E-state index contributed by atoms with van der Waals surface area (Å²) in [7, 11) is 0. The molecule has 2 aliphatic rings. The third kappa shape index (κ3) is 5.02. The van der Waals surface area contributed by atoms with Crippen molar-refractivity contribution in [2.75, 3.05) is 19.9 Å². The maximum atomic E-state index is 13.0. The Bertz CT molecular complexity index is 1140. The van der Waals surface area contributed by atoms with Gasteiger partial charge >= 0.3 is 5.97 Å². The van der Waals surface area contributed by atoms with Gasteiger partial charge in [0.05, 0.1) is 12.2 Å². The Balaban J connectivity index is 1.51. The van der Waals surface area contributed by atoms with E-state index in [1.165, 1.54) is 4.90 Å². The lowest BCUT2D eigenvalue weighted by Gasteiger charge is -2.34. The minimum absolute atomic E-state index is 0.0442. The van der Waals surface area contributed by atoms with Gasteiger partial charge in [-0.15, -0.1) is 0 Å². The number of allylic oxidation sites excluding steroid dienone is 1. The third-order valence-electron chi connectivity index (χ3n) is 5.82. The van der Waals surface area contributed by atoms with E-state index in [0.29, 0.717) is 27.8 Å². The van der Waals surface area contributed by atoms with E-state index in [4.69, 9.17) is 25.8 Å². The highest BCUT2D eigenvalue weighted by Crippen LogP contribution is 2.37. The van der Waals surface area contributed by atoms with Crippen molar-refractivity contribution in [3.8, 4) is 11.5 Å². The number of amides is 2. The van der Waals surface area contributed by atoms with Crippen molar-refractivity contribution in [3.63, 3.8) is 0 Å². The molecule has 4 rings (SSSR count). The van der Waals surface area contributed by atoms with Crippen LogP contribution in [0.5, 0.6) is 11.5 Å². The average molecular weight is 485 g/mol. The predicted molar refractivity (Wildman–Crippen MR) is 124 cm³/mol. The molecule has 2 heterocycles. The molecule has 1 atom stereocenters. The molecule has 0 aliphatic carbocycles.